The van der Waals surface area contributed by atoms with Crippen molar-refractivity contribution in [3.8, 4) is 0 Å². The van der Waals surface area contributed by atoms with E-state index >= 15 is 0 Å². The van der Waals surface area contributed by atoms with Crippen molar-refractivity contribution in [3.05, 3.63) is 0 Å². The third-order valence-corrected chi connectivity index (χ3v) is 1.93. The number of Topliss-reactive ketones (excluding diaryl/α,β-unsaturated/α-hetero) is 1. The van der Waals surface area contributed by atoms with Crippen LogP contribution in [-0.2, 0) is 14.4 Å². The average Bonchev–Trinajstić information content (AvgIpc) is 2.13. The predicted molar refractivity (Wildman–Crippen MR) is 53.0 cm³/mol. The summed E-state index contributed by atoms with van der Waals surface area (Å²) in [6.45, 7) is 2.88. The van der Waals surface area contributed by atoms with Gasteiger partial charge in [-0.05, 0) is 6.42 Å². The first-order valence-corrected chi connectivity index (χ1v) is 4.95. The number of hydrogen-bond donors (Lipinski definition) is 0. The highest BCUT2D eigenvalue weighted by Gasteiger charge is 2.19. The Morgan fingerprint density at radius 1 is 1.29 bits per heavy atom. The Balaban J connectivity index is 4.36. The molecule has 0 saturated heterocycles. The van der Waals surface area contributed by atoms with Crippen molar-refractivity contribution >= 4 is 29.2 Å². The third kappa shape index (κ3) is 4.37. The molecule has 0 aromatic carbocycles. The fraction of sp³-hybridized carbons (Fsp3) is 0.667. The minimum absolute atomic E-state index is 0.177. The first-order chi connectivity index (χ1) is 6.52. The van der Waals surface area contributed by atoms with Crippen molar-refractivity contribution in [1.29, 1.82) is 0 Å². The van der Waals surface area contributed by atoms with Crippen LogP contribution in [-0.4, -0.2) is 34.9 Å². The van der Waals surface area contributed by atoms with Gasteiger partial charge in [-0.25, -0.2) is 0 Å². The maximum absolute atomic E-state index is 11.3. The van der Waals surface area contributed by atoms with Gasteiger partial charge in [0.25, 0.3) is 0 Å². The summed E-state index contributed by atoms with van der Waals surface area (Å²) in [6.07, 6.45) is 0.923. The van der Waals surface area contributed by atoms with E-state index in [-0.39, 0.29) is 30.5 Å². The number of halogens is 1. The maximum atomic E-state index is 11.3. The van der Waals surface area contributed by atoms with Crippen LogP contribution in [0.5, 0.6) is 0 Å². The van der Waals surface area contributed by atoms with Gasteiger partial charge in [0.05, 0.1) is 12.4 Å². The molecule has 0 aromatic rings. The standard InChI is InChI=1S/C9H14ClNO3/c1-3-4-9(14)11(7(2)12)6-8(13)5-10/h3-6H2,1-2H3. The molecule has 2 amide bonds. The largest absolute Gasteiger partial charge is 0.296 e. The molecule has 0 unspecified atom stereocenters. The quantitative estimate of drug-likeness (QED) is 0.648. The number of amides is 2. The number of nitrogens with zero attached hydrogens (tertiary/aromatic N) is 1. The molecule has 0 aliphatic carbocycles. The summed E-state index contributed by atoms with van der Waals surface area (Å²) in [5.74, 6) is -1.24. The van der Waals surface area contributed by atoms with Crippen molar-refractivity contribution in [2.75, 3.05) is 12.4 Å². The lowest BCUT2D eigenvalue weighted by Crippen LogP contribution is -2.39. The second-order valence-corrected chi connectivity index (χ2v) is 3.19. The van der Waals surface area contributed by atoms with Gasteiger partial charge in [0.15, 0.2) is 5.78 Å². The van der Waals surface area contributed by atoms with Crippen LogP contribution in [0.15, 0.2) is 0 Å². The SMILES string of the molecule is CCCC(=O)N(CC(=O)CCl)C(C)=O. The Bertz CT molecular complexity index is 240. The molecule has 0 heterocycles. The minimum atomic E-state index is -0.415. The average molecular weight is 220 g/mol. The van der Waals surface area contributed by atoms with Gasteiger partial charge in [0, 0.05) is 13.3 Å². The number of carbonyl (C=O) groups is 3. The molecule has 0 aliphatic rings. The van der Waals surface area contributed by atoms with Gasteiger partial charge in [0.2, 0.25) is 11.8 Å². The van der Waals surface area contributed by atoms with Crippen LogP contribution in [0, 0.1) is 0 Å². The lowest BCUT2D eigenvalue weighted by Gasteiger charge is -2.17. The van der Waals surface area contributed by atoms with Gasteiger partial charge in [-0.1, -0.05) is 6.92 Å². The van der Waals surface area contributed by atoms with E-state index in [0.29, 0.717) is 6.42 Å². The van der Waals surface area contributed by atoms with Gasteiger partial charge in [-0.15, -0.1) is 11.6 Å². The van der Waals surface area contributed by atoms with Crippen molar-refractivity contribution < 1.29 is 14.4 Å². The zero-order valence-corrected chi connectivity index (χ0v) is 9.13. The monoisotopic (exact) mass is 219 g/mol. The van der Waals surface area contributed by atoms with E-state index in [9.17, 15) is 14.4 Å². The van der Waals surface area contributed by atoms with Crippen molar-refractivity contribution in [1.82, 2.24) is 4.90 Å². The fourth-order valence-corrected chi connectivity index (χ4v) is 1.03. The summed E-state index contributed by atoms with van der Waals surface area (Å²) < 4.78 is 0. The molecule has 0 saturated carbocycles. The highest BCUT2D eigenvalue weighted by molar-refractivity contribution is 6.28. The molecule has 0 bridgehead atoms. The van der Waals surface area contributed by atoms with E-state index in [4.69, 9.17) is 11.6 Å². The van der Waals surface area contributed by atoms with Gasteiger partial charge in [-0.3, -0.25) is 19.3 Å². The first kappa shape index (κ1) is 13.1. The lowest BCUT2D eigenvalue weighted by atomic mass is 10.2. The summed E-state index contributed by atoms with van der Waals surface area (Å²) >= 11 is 5.28. The third-order valence-electron chi connectivity index (χ3n) is 1.63. The summed E-state index contributed by atoms with van der Waals surface area (Å²) in [4.78, 5) is 34.3. The second-order valence-electron chi connectivity index (χ2n) is 2.92. The van der Waals surface area contributed by atoms with Gasteiger partial charge in [0.1, 0.15) is 0 Å². The molecule has 14 heavy (non-hydrogen) atoms. The molecule has 0 spiro atoms. The number of rotatable bonds is 5. The topological polar surface area (TPSA) is 54.5 Å². The summed E-state index contributed by atoms with van der Waals surface area (Å²) in [6, 6.07) is 0. The molecule has 4 nitrogen and oxygen atoms in total. The molecular weight excluding hydrogens is 206 g/mol. The fourth-order valence-electron chi connectivity index (χ4n) is 0.943. The number of alkyl halides is 1. The molecule has 0 aromatic heterocycles. The first-order valence-electron chi connectivity index (χ1n) is 4.41. The lowest BCUT2D eigenvalue weighted by molar-refractivity contribution is -0.146. The summed E-state index contributed by atoms with van der Waals surface area (Å²) in [5, 5.41) is 0. The van der Waals surface area contributed by atoms with E-state index in [1.807, 2.05) is 6.92 Å². The van der Waals surface area contributed by atoms with Crippen LogP contribution in [0.4, 0.5) is 0 Å². The summed E-state index contributed by atoms with van der Waals surface area (Å²) in [5.41, 5.74) is 0. The molecular formula is C9H14ClNO3. The number of carbonyl (C=O) groups excluding carboxylic acids is 3. The Morgan fingerprint density at radius 3 is 2.21 bits per heavy atom. The van der Waals surface area contributed by atoms with E-state index in [1.165, 1.54) is 6.92 Å². The van der Waals surface area contributed by atoms with Crippen LogP contribution >= 0.6 is 11.6 Å². The van der Waals surface area contributed by atoms with Crippen LogP contribution in [0.2, 0.25) is 0 Å². The Hall–Kier alpha value is -0.900. The Kier molecular flexibility index (Phi) is 6.12. The molecule has 0 radical (unpaired) electrons. The normalized spacial score (nSPS) is 9.64. The zero-order valence-electron chi connectivity index (χ0n) is 8.38. The van der Waals surface area contributed by atoms with E-state index in [0.717, 1.165) is 4.90 Å². The maximum Gasteiger partial charge on any atom is 0.229 e. The number of imide groups is 1. The van der Waals surface area contributed by atoms with E-state index < -0.39 is 5.91 Å². The molecule has 0 N–H and O–H groups in total. The Morgan fingerprint density at radius 2 is 1.86 bits per heavy atom. The van der Waals surface area contributed by atoms with Crippen LogP contribution in [0.25, 0.3) is 0 Å². The summed E-state index contributed by atoms with van der Waals surface area (Å²) in [7, 11) is 0. The van der Waals surface area contributed by atoms with Gasteiger partial charge >= 0.3 is 0 Å². The minimum Gasteiger partial charge on any atom is -0.296 e. The van der Waals surface area contributed by atoms with Crippen LogP contribution in [0.3, 0.4) is 0 Å². The molecule has 0 aliphatic heterocycles. The highest BCUT2D eigenvalue weighted by Crippen LogP contribution is 1.99. The van der Waals surface area contributed by atoms with E-state index in [2.05, 4.69) is 0 Å². The van der Waals surface area contributed by atoms with Crippen molar-refractivity contribution in [2.45, 2.75) is 26.7 Å². The molecule has 0 fully saturated rings. The van der Waals surface area contributed by atoms with Gasteiger partial charge in [-0.2, -0.15) is 0 Å². The molecule has 80 valence electrons. The molecule has 0 atom stereocenters. The Labute approximate surface area is 88.2 Å². The highest BCUT2D eigenvalue weighted by atomic mass is 35.5. The molecule has 0 rings (SSSR count). The smallest absolute Gasteiger partial charge is 0.229 e. The van der Waals surface area contributed by atoms with Crippen LogP contribution in [0.1, 0.15) is 26.7 Å². The van der Waals surface area contributed by atoms with E-state index in [1.54, 1.807) is 0 Å². The number of ketones is 1. The molecule has 5 heteroatoms. The number of hydrogen-bond acceptors (Lipinski definition) is 3. The van der Waals surface area contributed by atoms with Crippen LogP contribution < -0.4 is 0 Å². The second kappa shape index (κ2) is 6.54. The predicted octanol–water partition coefficient (Wildman–Crippen LogP) is 0.970. The zero-order chi connectivity index (χ0) is 11.1. The van der Waals surface area contributed by atoms with Gasteiger partial charge < -0.3 is 0 Å². The van der Waals surface area contributed by atoms with Crippen molar-refractivity contribution in [3.63, 3.8) is 0 Å². The van der Waals surface area contributed by atoms with Crippen molar-refractivity contribution in [2.24, 2.45) is 0 Å².